The standard InChI is InChI=1S/C29H27FN4O6S/c1-31-28(35)26-20-14-19(25-16-34(12-13-38-25)29-32-21-6-4-5-7-23(21)40-29)22(33(2)41(3,36)37)15-24(20)39-27(26)17-8-10-18(30)11-9-17/h4-11,14-15,25H,12-13,16H2,1-3H3,(H,31,35)/t25-/m0/s1. The lowest BCUT2D eigenvalue weighted by Gasteiger charge is -2.34. The number of nitrogens with one attached hydrogen (secondary N) is 1. The Balaban J connectivity index is 1.50. The van der Waals surface area contributed by atoms with Gasteiger partial charge in [0.1, 0.15) is 28.8 Å². The van der Waals surface area contributed by atoms with Crippen LogP contribution in [-0.4, -0.2) is 59.4 Å². The fourth-order valence-corrected chi connectivity index (χ4v) is 5.54. The molecule has 1 atom stereocenters. The number of nitrogens with zero attached hydrogens (tertiary/aromatic N) is 3. The predicted octanol–water partition coefficient (Wildman–Crippen LogP) is 4.71. The van der Waals surface area contributed by atoms with Gasteiger partial charge < -0.3 is 23.8 Å². The van der Waals surface area contributed by atoms with E-state index in [2.05, 4.69) is 10.3 Å². The summed E-state index contributed by atoms with van der Waals surface area (Å²) >= 11 is 0. The lowest BCUT2D eigenvalue weighted by atomic mass is 9.99. The molecule has 1 saturated heterocycles. The van der Waals surface area contributed by atoms with E-state index in [0.29, 0.717) is 59.1 Å². The number of carbonyl (C=O) groups is 1. The van der Waals surface area contributed by atoms with Gasteiger partial charge in [0.15, 0.2) is 5.58 Å². The predicted molar refractivity (Wildman–Crippen MR) is 153 cm³/mol. The molecule has 0 spiro atoms. The van der Waals surface area contributed by atoms with Gasteiger partial charge in [-0.15, -0.1) is 0 Å². The highest BCUT2D eigenvalue weighted by atomic mass is 32.2. The van der Waals surface area contributed by atoms with Crippen LogP contribution < -0.4 is 14.5 Å². The Labute approximate surface area is 235 Å². The van der Waals surface area contributed by atoms with E-state index in [4.69, 9.17) is 13.6 Å². The lowest BCUT2D eigenvalue weighted by molar-refractivity contribution is 0.0386. The normalized spacial score (nSPS) is 15.9. The fourth-order valence-electron chi connectivity index (χ4n) is 5.02. The summed E-state index contributed by atoms with van der Waals surface area (Å²) < 4.78 is 58.5. The number of aromatic nitrogens is 1. The molecule has 1 N–H and O–H groups in total. The molecule has 10 nitrogen and oxygen atoms in total. The monoisotopic (exact) mass is 578 g/mol. The van der Waals surface area contributed by atoms with Gasteiger partial charge in [-0.05, 0) is 42.5 Å². The van der Waals surface area contributed by atoms with E-state index in [1.165, 1.54) is 38.4 Å². The third-order valence-corrected chi connectivity index (χ3v) is 8.39. The molecule has 3 heterocycles. The van der Waals surface area contributed by atoms with Crippen LogP contribution in [0.4, 0.5) is 16.1 Å². The van der Waals surface area contributed by atoms with E-state index in [1.54, 1.807) is 12.1 Å². The molecule has 3 aromatic carbocycles. The van der Waals surface area contributed by atoms with Crippen LogP contribution in [0.5, 0.6) is 0 Å². The van der Waals surface area contributed by atoms with Gasteiger partial charge in [0, 0.05) is 43.2 Å². The maximum atomic E-state index is 13.7. The molecule has 12 heteroatoms. The highest BCUT2D eigenvalue weighted by Crippen LogP contribution is 2.41. The van der Waals surface area contributed by atoms with Crippen molar-refractivity contribution < 1.29 is 31.2 Å². The van der Waals surface area contributed by atoms with Crippen molar-refractivity contribution in [3.05, 3.63) is 77.6 Å². The number of ether oxygens (including phenoxy) is 1. The summed E-state index contributed by atoms with van der Waals surface area (Å²) in [7, 11) is -0.725. The first-order chi connectivity index (χ1) is 19.6. The smallest absolute Gasteiger partial charge is 0.298 e. The minimum absolute atomic E-state index is 0.238. The van der Waals surface area contributed by atoms with Gasteiger partial charge in [0.25, 0.3) is 11.9 Å². The first-order valence-corrected chi connectivity index (χ1v) is 14.7. The summed E-state index contributed by atoms with van der Waals surface area (Å²) in [5, 5.41) is 3.11. The second kappa shape index (κ2) is 10.2. The molecular formula is C29H27FN4O6S. The first kappa shape index (κ1) is 26.8. The molecule has 0 unspecified atom stereocenters. The Morgan fingerprint density at radius 2 is 1.85 bits per heavy atom. The fraction of sp³-hybridized carbons (Fsp3) is 0.241. The van der Waals surface area contributed by atoms with Crippen LogP contribution in [-0.2, 0) is 14.8 Å². The van der Waals surface area contributed by atoms with Crippen molar-refractivity contribution in [1.29, 1.82) is 0 Å². The van der Waals surface area contributed by atoms with Crippen molar-refractivity contribution in [2.45, 2.75) is 6.10 Å². The maximum Gasteiger partial charge on any atom is 0.298 e. The number of oxazole rings is 1. The van der Waals surface area contributed by atoms with Crippen LogP contribution in [0.2, 0.25) is 0 Å². The highest BCUT2D eigenvalue weighted by molar-refractivity contribution is 7.92. The molecule has 1 aliphatic heterocycles. The van der Waals surface area contributed by atoms with Crippen molar-refractivity contribution in [3.63, 3.8) is 0 Å². The SMILES string of the molecule is CNC(=O)c1c(-c2ccc(F)cc2)oc2cc(N(C)S(C)(=O)=O)c([C@@H]3CN(c4nc5ccccc5o4)CCO3)cc12. The van der Waals surface area contributed by atoms with Crippen LogP contribution in [0.3, 0.4) is 0 Å². The molecule has 1 fully saturated rings. The van der Waals surface area contributed by atoms with E-state index in [0.717, 1.165) is 16.1 Å². The van der Waals surface area contributed by atoms with E-state index >= 15 is 0 Å². The third kappa shape index (κ3) is 4.89. The Bertz CT molecular complexity index is 1850. The second-order valence-corrected chi connectivity index (χ2v) is 11.8. The van der Waals surface area contributed by atoms with Crippen molar-refractivity contribution in [2.75, 3.05) is 49.3 Å². The van der Waals surface area contributed by atoms with Gasteiger partial charge in [-0.1, -0.05) is 12.1 Å². The Hall–Kier alpha value is -4.42. The number of para-hydroxylation sites is 2. The maximum absolute atomic E-state index is 13.7. The molecular weight excluding hydrogens is 551 g/mol. The zero-order valence-corrected chi connectivity index (χ0v) is 23.4. The van der Waals surface area contributed by atoms with E-state index in [1.807, 2.05) is 29.2 Å². The van der Waals surface area contributed by atoms with Crippen molar-refractivity contribution in [1.82, 2.24) is 10.3 Å². The number of halogens is 1. The number of rotatable bonds is 6. The lowest BCUT2D eigenvalue weighted by Crippen LogP contribution is -2.39. The molecule has 1 aliphatic rings. The summed E-state index contributed by atoms with van der Waals surface area (Å²) in [6.07, 6.45) is 0.513. The number of morpholine rings is 1. The van der Waals surface area contributed by atoms with Crippen molar-refractivity contribution in [2.24, 2.45) is 0 Å². The number of carbonyl (C=O) groups excluding carboxylic acids is 1. The topological polar surface area (TPSA) is 118 Å². The van der Waals surface area contributed by atoms with Gasteiger partial charge in [-0.3, -0.25) is 9.10 Å². The van der Waals surface area contributed by atoms with Crippen molar-refractivity contribution in [3.8, 4) is 11.3 Å². The molecule has 1 amide bonds. The van der Waals surface area contributed by atoms with Crippen LogP contribution >= 0.6 is 0 Å². The number of fused-ring (bicyclic) bond motifs is 2. The average molecular weight is 579 g/mol. The quantitative estimate of drug-likeness (QED) is 0.308. The largest absolute Gasteiger partial charge is 0.455 e. The number of sulfonamides is 1. The first-order valence-electron chi connectivity index (χ1n) is 12.9. The van der Waals surface area contributed by atoms with Gasteiger partial charge in [-0.25, -0.2) is 12.8 Å². The molecule has 0 aliphatic carbocycles. The highest BCUT2D eigenvalue weighted by Gasteiger charge is 2.32. The Kier molecular flexibility index (Phi) is 6.66. The average Bonchev–Trinajstić information content (AvgIpc) is 3.57. The molecule has 0 bridgehead atoms. The molecule has 2 aromatic heterocycles. The van der Waals surface area contributed by atoms with Crippen molar-refractivity contribution >= 4 is 49.7 Å². The third-order valence-electron chi connectivity index (χ3n) is 7.20. The number of furan rings is 1. The van der Waals surface area contributed by atoms with Crippen LogP contribution in [0.25, 0.3) is 33.4 Å². The number of amides is 1. The van der Waals surface area contributed by atoms with E-state index in [-0.39, 0.29) is 11.3 Å². The van der Waals surface area contributed by atoms with E-state index < -0.39 is 27.9 Å². The number of hydrogen-bond acceptors (Lipinski definition) is 8. The minimum Gasteiger partial charge on any atom is -0.455 e. The zero-order chi connectivity index (χ0) is 28.9. The van der Waals surface area contributed by atoms with Crippen LogP contribution in [0.15, 0.2) is 69.5 Å². The molecule has 6 rings (SSSR count). The molecule has 5 aromatic rings. The molecule has 0 saturated carbocycles. The van der Waals surface area contributed by atoms with Crippen LogP contribution in [0.1, 0.15) is 22.0 Å². The molecule has 0 radical (unpaired) electrons. The summed E-state index contributed by atoms with van der Waals surface area (Å²) in [4.78, 5) is 19.7. The van der Waals surface area contributed by atoms with Gasteiger partial charge in [0.2, 0.25) is 10.0 Å². The Morgan fingerprint density at radius 3 is 2.56 bits per heavy atom. The number of hydrogen-bond donors (Lipinski definition) is 1. The van der Waals surface area contributed by atoms with Gasteiger partial charge in [0.05, 0.1) is 30.7 Å². The molecule has 212 valence electrons. The van der Waals surface area contributed by atoms with Gasteiger partial charge >= 0.3 is 0 Å². The Morgan fingerprint density at radius 1 is 1.10 bits per heavy atom. The zero-order valence-electron chi connectivity index (χ0n) is 22.5. The minimum atomic E-state index is -3.68. The van der Waals surface area contributed by atoms with Crippen LogP contribution in [0, 0.1) is 5.82 Å². The van der Waals surface area contributed by atoms with E-state index in [9.17, 15) is 17.6 Å². The number of benzene rings is 3. The number of anilines is 2. The van der Waals surface area contributed by atoms with Gasteiger partial charge in [-0.2, -0.15) is 4.98 Å². The summed E-state index contributed by atoms with van der Waals surface area (Å²) in [5.74, 6) is -0.596. The second-order valence-electron chi connectivity index (χ2n) is 9.80. The summed E-state index contributed by atoms with van der Waals surface area (Å²) in [6, 6.07) is 16.8. The summed E-state index contributed by atoms with van der Waals surface area (Å²) in [5.41, 5.74) is 3.31. The summed E-state index contributed by atoms with van der Waals surface area (Å²) in [6.45, 7) is 1.17. The molecule has 41 heavy (non-hydrogen) atoms.